The summed E-state index contributed by atoms with van der Waals surface area (Å²) in [7, 11) is 0. The molecule has 19 heavy (non-hydrogen) atoms. The van der Waals surface area contributed by atoms with Gasteiger partial charge in [0.1, 0.15) is 0 Å². The smallest absolute Gasteiger partial charge is 0.328 e. The van der Waals surface area contributed by atoms with Gasteiger partial charge in [-0.15, -0.1) is 23.1 Å². The topological polar surface area (TPSA) is 50.2 Å². The maximum atomic E-state index is 10.5. The zero-order valence-corrected chi connectivity index (χ0v) is 13.0. The van der Waals surface area contributed by atoms with Crippen molar-refractivity contribution in [2.75, 3.05) is 0 Å². The van der Waals surface area contributed by atoms with Crippen LogP contribution in [-0.4, -0.2) is 16.1 Å². The molecule has 2 heterocycles. The highest BCUT2D eigenvalue weighted by molar-refractivity contribution is 9.10. The fraction of sp³-hybridized carbons (Fsp3) is 0.0769. The number of thioether (sulfide) groups is 1. The minimum Gasteiger partial charge on any atom is -0.478 e. The van der Waals surface area contributed by atoms with Gasteiger partial charge in [-0.3, -0.25) is 0 Å². The Morgan fingerprint density at radius 2 is 2.32 bits per heavy atom. The second-order valence-electron chi connectivity index (χ2n) is 3.57. The van der Waals surface area contributed by atoms with E-state index in [0.29, 0.717) is 0 Å². The van der Waals surface area contributed by atoms with E-state index in [-0.39, 0.29) is 0 Å². The summed E-state index contributed by atoms with van der Waals surface area (Å²) in [6.45, 7) is 0. The number of thiophene rings is 1. The molecule has 0 atom stereocenters. The number of aliphatic carboxylic acids is 1. The fourth-order valence-corrected chi connectivity index (χ4v) is 3.44. The Balaban J connectivity index is 2.02. The van der Waals surface area contributed by atoms with Gasteiger partial charge in [0, 0.05) is 27.4 Å². The van der Waals surface area contributed by atoms with E-state index < -0.39 is 5.97 Å². The van der Waals surface area contributed by atoms with E-state index in [1.807, 2.05) is 23.6 Å². The highest BCUT2D eigenvalue weighted by atomic mass is 79.9. The Morgan fingerprint density at radius 3 is 3.00 bits per heavy atom. The van der Waals surface area contributed by atoms with Crippen molar-refractivity contribution in [1.29, 1.82) is 0 Å². The molecule has 0 saturated carbocycles. The second kappa shape index (κ2) is 6.88. The van der Waals surface area contributed by atoms with Crippen molar-refractivity contribution in [1.82, 2.24) is 4.98 Å². The fourth-order valence-electron chi connectivity index (χ4n) is 1.36. The maximum absolute atomic E-state index is 10.5. The molecule has 0 saturated heterocycles. The molecule has 0 aromatic carbocycles. The Kier molecular flexibility index (Phi) is 5.18. The predicted molar refractivity (Wildman–Crippen MR) is 82.5 cm³/mol. The number of carboxylic acids is 1. The predicted octanol–water partition coefficient (Wildman–Crippen LogP) is 4.30. The molecule has 0 radical (unpaired) electrons. The summed E-state index contributed by atoms with van der Waals surface area (Å²) in [5, 5.41) is 11.5. The standard InChI is InChI=1S/C13H10BrNO2S2/c14-10-2-3-12(15-7-10)19-8-11-9(5-6-18-11)1-4-13(16)17/h1-7H,8H2,(H,16,17). The second-order valence-corrected chi connectivity index (χ2v) is 6.49. The molecule has 6 heteroatoms. The first-order chi connectivity index (χ1) is 9.15. The van der Waals surface area contributed by atoms with Gasteiger partial charge >= 0.3 is 5.97 Å². The molecule has 0 unspecified atom stereocenters. The van der Waals surface area contributed by atoms with Crippen LogP contribution in [0.3, 0.4) is 0 Å². The van der Waals surface area contributed by atoms with Crippen LogP contribution >= 0.6 is 39.0 Å². The van der Waals surface area contributed by atoms with Gasteiger partial charge < -0.3 is 5.11 Å². The number of pyridine rings is 1. The van der Waals surface area contributed by atoms with Gasteiger partial charge in [-0.1, -0.05) is 0 Å². The zero-order valence-electron chi connectivity index (χ0n) is 9.75. The Labute approximate surface area is 127 Å². The molecule has 0 fully saturated rings. The quantitative estimate of drug-likeness (QED) is 0.641. The largest absolute Gasteiger partial charge is 0.478 e. The van der Waals surface area contributed by atoms with Crippen LogP contribution in [0.5, 0.6) is 0 Å². The molecule has 2 aromatic heterocycles. The molecule has 98 valence electrons. The lowest BCUT2D eigenvalue weighted by molar-refractivity contribution is -0.131. The molecule has 0 aliphatic carbocycles. The summed E-state index contributed by atoms with van der Waals surface area (Å²) in [6.07, 6.45) is 4.56. The van der Waals surface area contributed by atoms with E-state index in [4.69, 9.17) is 5.11 Å². The van der Waals surface area contributed by atoms with Crippen molar-refractivity contribution in [2.45, 2.75) is 10.8 Å². The van der Waals surface area contributed by atoms with Crippen molar-refractivity contribution >= 4 is 51.1 Å². The van der Waals surface area contributed by atoms with Crippen LogP contribution in [0.2, 0.25) is 0 Å². The van der Waals surface area contributed by atoms with E-state index in [0.717, 1.165) is 31.8 Å². The Bertz CT molecular complexity index is 593. The van der Waals surface area contributed by atoms with Crippen molar-refractivity contribution < 1.29 is 9.90 Å². The normalized spacial score (nSPS) is 11.0. The molecule has 0 aliphatic rings. The Morgan fingerprint density at radius 1 is 1.47 bits per heavy atom. The van der Waals surface area contributed by atoms with Crippen LogP contribution in [0.4, 0.5) is 0 Å². The number of nitrogens with zero attached hydrogens (tertiary/aromatic N) is 1. The summed E-state index contributed by atoms with van der Waals surface area (Å²) < 4.78 is 0.957. The molecule has 3 nitrogen and oxygen atoms in total. The van der Waals surface area contributed by atoms with E-state index in [9.17, 15) is 4.79 Å². The summed E-state index contributed by atoms with van der Waals surface area (Å²) in [6, 6.07) is 5.83. The van der Waals surface area contributed by atoms with Crippen molar-refractivity contribution in [2.24, 2.45) is 0 Å². The van der Waals surface area contributed by atoms with E-state index in [2.05, 4.69) is 20.9 Å². The third-order valence-corrected chi connectivity index (χ3v) is 4.80. The van der Waals surface area contributed by atoms with Gasteiger partial charge in [0.05, 0.1) is 5.03 Å². The molecular formula is C13H10BrNO2S2. The highest BCUT2D eigenvalue weighted by Gasteiger charge is 2.04. The molecule has 0 amide bonds. The lowest BCUT2D eigenvalue weighted by Gasteiger charge is -2.00. The number of hydrogen-bond donors (Lipinski definition) is 1. The van der Waals surface area contributed by atoms with E-state index >= 15 is 0 Å². The summed E-state index contributed by atoms with van der Waals surface area (Å²) in [5.41, 5.74) is 0.956. The maximum Gasteiger partial charge on any atom is 0.328 e. The SMILES string of the molecule is O=C(O)C=Cc1ccsc1CSc1ccc(Br)cn1. The van der Waals surface area contributed by atoms with Gasteiger partial charge in [-0.2, -0.15) is 0 Å². The van der Waals surface area contributed by atoms with E-state index in [1.165, 1.54) is 0 Å². The summed E-state index contributed by atoms with van der Waals surface area (Å²) >= 11 is 6.60. The molecule has 0 bridgehead atoms. The number of aromatic nitrogens is 1. The molecular weight excluding hydrogens is 346 g/mol. The number of halogens is 1. The van der Waals surface area contributed by atoms with Gasteiger partial charge in [-0.05, 0) is 51.1 Å². The van der Waals surface area contributed by atoms with Crippen LogP contribution in [0.15, 0.2) is 45.4 Å². The number of hydrogen-bond acceptors (Lipinski definition) is 4. The van der Waals surface area contributed by atoms with Gasteiger partial charge in [0.15, 0.2) is 0 Å². The first kappa shape index (κ1) is 14.3. The van der Waals surface area contributed by atoms with Gasteiger partial charge in [-0.25, -0.2) is 9.78 Å². The third-order valence-electron chi connectivity index (χ3n) is 2.24. The van der Waals surface area contributed by atoms with Crippen molar-refractivity contribution in [3.05, 3.63) is 50.8 Å². The van der Waals surface area contributed by atoms with Crippen LogP contribution in [0.25, 0.3) is 6.08 Å². The summed E-state index contributed by atoms with van der Waals surface area (Å²) in [5.74, 6) is -0.148. The minimum atomic E-state index is -0.931. The summed E-state index contributed by atoms with van der Waals surface area (Å²) in [4.78, 5) is 15.9. The monoisotopic (exact) mass is 355 g/mol. The molecule has 0 aliphatic heterocycles. The Hall–Kier alpha value is -1.11. The number of carbonyl (C=O) groups is 1. The van der Waals surface area contributed by atoms with Crippen molar-refractivity contribution in [3.8, 4) is 0 Å². The number of rotatable bonds is 5. The molecule has 0 spiro atoms. The average Bonchev–Trinajstić information content (AvgIpc) is 2.83. The van der Waals surface area contributed by atoms with Crippen LogP contribution in [-0.2, 0) is 10.5 Å². The molecule has 2 rings (SSSR count). The van der Waals surface area contributed by atoms with Gasteiger partial charge in [0.2, 0.25) is 0 Å². The van der Waals surface area contributed by atoms with Crippen molar-refractivity contribution in [3.63, 3.8) is 0 Å². The van der Waals surface area contributed by atoms with Crippen LogP contribution in [0.1, 0.15) is 10.4 Å². The van der Waals surface area contributed by atoms with Gasteiger partial charge in [0.25, 0.3) is 0 Å². The van der Waals surface area contributed by atoms with Crippen LogP contribution < -0.4 is 0 Å². The third kappa shape index (κ3) is 4.49. The lowest BCUT2D eigenvalue weighted by Crippen LogP contribution is -1.86. The molecule has 2 aromatic rings. The minimum absolute atomic E-state index is 0.783. The zero-order chi connectivity index (χ0) is 13.7. The first-order valence-corrected chi connectivity index (χ1v) is 8.02. The average molecular weight is 356 g/mol. The lowest BCUT2D eigenvalue weighted by atomic mass is 10.2. The first-order valence-electron chi connectivity index (χ1n) is 5.37. The van der Waals surface area contributed by atoms with E-state index in [1.54, 1.807) is 35.4 Å². The molecule has 1 N–H and O–H groups in total. The number of carboxylic acid groups (broad SMARTS) is 1. The van der Waals surface area contributed by atoms with Crippen LogP contribution in [0, 0.1) is 0 Å². The highest BCUT2D eigenvalue weighted by Crippen LogP contribution is 2.27.